The Labute approximate surface area is 53.1 Å². The molecule has 0 fully saturated rings. The largest absolute Gasteiger partial charge is 0.290 e. The molecule has 0 aliphatic heterocycles. The standard InChI is InChI=1S/C2H7N4O2P/c3-5-1(7)9-2(8)6-4/h9H,3-4H2,(H,5,7)(H,6,8). The summed E-state index contributed by atoms with van der Waals surface area (Å²) in [6, 6.07) is 0. The van der Waals surface area contributed by atoms with Crippen molar-refractivity contribution in [1.29, 1.82) is 0 Å². The van der Waals surface area contributed by atoms with Crippen molar-refractivity contribution in [1.82, 2.24) is 10.9 Å². The first-order valence-electron chi connectivity index (χ1n) is 1.99. The molecule has 0 saturated carbocycles. The number of nitrogens with two attached hydrogens (primary N) is 2. The number of carbonyl (C=O) groups is 2. The van der Waals surface area contributed by atoms with E-state index in [1.807, 2.05) is 0 Å². The van der Waals surface area contributed by atoms with Crippen LogP contribution in [-0.2, 0) is 0 Å². The molecule has 6 N–H and O–H groups in total. The fourth-order valence-electron chi connectivity index (χ4n) is 0.175. The van der Waals surface area contributed by atoms with Gasteiger partial charge in [0, 0.05) is 0 Å². The quantitative estimate of drug-likeness (QED) is 0.172. The second-order valence-electron chi connectivity index (χ2n) is 1.07. The Morgan fingerprint density at radius 2 is 1.44 bits per heavy atom. The maximum Gasteiger partial charge on any atom is 0.261 e. The molecule has 7 heteroatoms. The summed E-state index contributed by atoms with van der Waals surface area (Å²) in [6.07, 6.45) is 0. The van der Waals surface area contributed by atoms with Crippen LogP contribution in [0.4, 0.5) is 9.59 Å². The van der Waals surface area contributed by atoms with Crippen molar-refractivity contribution < 1.29 is 9.59 Å². The molecule has 9 heavy (non-hydrogen) atoms. The average Bonchev–Trinajstić information content (AvgIpc) is 1.87. The SMILES string of the molecule is NNC(=O)PC(=O)NN. The lowest BCUT2D eigenvalue weighted by molar-refractivity contribution is 0.257. The minimum Gasteiger partial charge on any atom is -0.290 e. The van der Waals surface area contributed by atoms with Crippen LogP contribution in [0.25, 0.3) is 0 Å². The number of rotatable bonds is 2. The van der Waals surface area contributed by atoms with Gasteiger partial charge < -0.3 is 0 Å². The molecule has 6 nitrogen and oxygen atoms in total. The summed E-state index contributed by atoms with van der Waals surface area (Å²) in [5.74, 6) is 9.32. The molecule has 0 aliphatic carbocycles. The van der Waals surface area contributed by atoms with Gasteiger partial charge in [-0.05, 0) is 0 Å². The molecular weight excluding hydrogens is 143 g/mol. The van der Waals surface area contributed by atoms with Crippen molar-refractivity contribution in [2.24, 2.45) is 11.7 Å². The summed E-state index contributed by atoms with van der Waals surface area (Å²) in [5.41, 5.74) is 2.49. The summed E-state index contributed by atoms with van der Waals surface area (Å²) < 4.78 is 0. The first-order valence-corrected chi connectivity index (χ1v) is 2.99. The molecule has 0 heterocycles. The van der Waals surface area contributed by atoms with Gasteiger partial charge in [-0.15, -0.1) is 0 Å². The second-order valence-corrected chi connectivity index (χ2v) is 2.23. The van der Waals surface area contributed by atoms with E-state index in [1.165, 1.54) is 0 Å². The van der Waals surface area contributed by atoms with E-state index in [0.717, 1.165) is 0 Å². The lowest BCUT2D eigenvalue weighted by Gasteiger charge is -1.95. The topological polar surface area (TPSA) is 110 Å². The third-order valence-electron chi connectivity index (χ3n) is 0.489. The van der Waals surface area contributed by atoms with E-state index in [-0.39, 0.29) is 0 Å². The Morgan fingerprint density at radius 3 is 1.67 bits per heavy atom. The van der Waals surface area contributed by atoms with Crippen molar-refractivity contribution >= 4 is 19.9 Å². The Kier molecular flexibility index (Phi) is 3.87. The van der Waals surface area contributed by atoms with Crippen LogP contribution in [-0.4, -0.2) is 11.3 Å². The number of carbonyl (C=O) groups excluding carboxylic acids is 2. The monoisotopic (exact) mass is 150 g/mol. The second kappa shape index (κ2) is 4.20. The average molecular weight is 150 g/mol. The third kappa shape index (κ3) is 3.84. The molecule has 0 radical (unpaired) electrons. The van der Waals surface area contributed by atoms with Gasteiger partial charge in [0.05, 0.1) is 8.58 Å². The molecule has 0 rings (SSSR count). The molecule has 0 aromatic carbocycles. The van der Waals surface area contributed by atoms with Gasteiger partial charge in [-0.1, -0.05) is 0 Å². The van der Waals surface area contributed by atoms with E-state index in [9.17, 15) is 9.59 Å². The highest BCUT2D eigenvalue weighted by Gasteiger charge is 2.03. The molecular formula is C2H7N4O2P. The minimum absolute atomic E-state index is 0.544. The predicted molar refractivity (Wildman–Crippen MR) is 33.8 cm³/mol. The summed E-state index contributed by atoms with van der Waals surface area (Å²) in [4.78, 5) is 20.5. The molecule has 52 valence electrons. The van der Waals surface area contributed by atoms with Crippen LogP contribution in [0.3, 0.4) is 0 Å². The Balaban J connectivity index is 3.47. The molecule has 0 aromatic heterocycles. The van der Waals surface area contributed by atoms with Gasteiger partial charge in [-0.2, -0.15) is 0 Å². The van der Waals surface area contributed by atoms with Gasteiger partial charge in [0.1, 0.15) is 0 Å². The summed E-state index contributed by atoms with van der Waals surface area (Å²) >= 11 is 0. The van der Waals surface area contributed by atoms with Gasteiger partial charge in [-0.25, -0.2) is 11.7 Å². The van der Waals surface area contributed by atoms with Crippen molar-refractivity contribution in [3.63, 3.8) is 0 Å². The third-order valence-corrected chi connectivity index (χ3v) is 1.23. The lowest BCUT2D eigenvalue weighted by atomic mass is 11.4. The zero-order chi connectivity index (χ0) is 7.28. The number of hydrazine groups is 2. The molecule has 0 unspecified atom stereocenters. The van der Waals surface area contributed by atoms with E-state index in [0.29, 0.717) is 0 Å². The first kappa shape index (κ1) is 8.29. The molecule has 0 saturated heterocycles. The highest BCUT2D eigenvalue weighted by Crippen LogP contribution is 2.08. The number of hydrogen-bond acceptors (Lipinski definition) is 4. The lowest BCUT2D eigenvalue weighted by Crippen LogP contribution is -2.31. The van der Waals surface area contributed by atoms with E-state index in [4.69, 9.17) is 0 Å². The molecule has 0 bridgehead atoms. The highest BCUT2D eigenvalue weighted by molar-refractivity contribution is 7.73. The van der Waals surface area contributed by atoms with Crippen molar-refractivity contribution in [2.75, 3.05) is 0 Å². The zero-order valence-corrected chi connectivity index (χ0v) is 5.47. The van der Waals surface area contributed by atoms with Gasteiger partial charge in [0.2, 0.25) is 0 Å². The van der Waals surface area contributed by atoms with E-state index in [1.54, 1.807) is 10.9 Å². The summed E-state index contributed by atoms with van der Waals surface area (Å²) in [5, 5.41) is 0. The van der Waals surface area contributed by atoms with Crippen LogP contribution in [0.2, 0.25) is 0 Å². The smallest absolute Gasteiger partial charge is 0.261 e. The van der Waals surface area contributed by atoms with Gasteiger partial charge >= 0.3 is 0 Å². The van der Waals surface area contributed by atoms with Crippen LogP contribution >= 0.6 is 8.58 Å². The fraction of sp³-hybridized carbons (Fsp3) is 0. The number of hydrogen-bond donors (Lipinski definition) is 4. The maximum absolute atomic E-state index is 10.2. The molecule has 0 atom stereocenters. The molecule has 2 amide bonds. The van der Waals surface area contributed by atoms with Crippen molar-refractivity contribution in [2.45, 2.75) is 0 Å². The van der Waals surface area contributed by atoms with E-state index >= 15 is 0 Å². The van der Waals surface area contributed by atoms with Crippen LogP contribution in [0.15, 0.2) is 0 Å². The van der Waals surface area contributed by atoms with Gasteiger partial charge in [0.25, 0.3) is 11.3 Å². The van der Waals surface area contributed by atoms with Crippen LogP contribution in [0.1, 0.15) is 0 Å². The number of nitrogens with one attached hydrogen (secondary N) is 2. The fourth-order valence-corrected chi connectivity index (χ4v) is 0.526. The van der Waals surface area contributed by atoms with Crippen molar-refractivity contribution in [3.05, 3.63) is 0 Å². The van der Waals surface area contributed by atoms with Crippen LogP contribution in [0, 0.1) is 0 Å². The first-order chi connectivity index (χ1) is 4.20. The van der Waals surface area contributed by atoms with Crippen LogP contribution in [0.5, 0.6) is 0 Å². The zero-order valence-electron chi connectivity index (χ0n) is 4.47. The minimum atomic E-state index is -0.570. The Morgan fingerprint density at radius 1 is 1.11 bits per heavy atom. The summed E-state index contributed by atoms with van der Waals surface area (Å²) in [7, 11) is -0.570. The van der Waals surface area contributed by atoms with E-state index in [2.05, 4.69) is 11.7 Å². The Bertz CT molecular complexity index is 112. The van der Waals surface area contributed by atoms with E-state index < -0.39 is 19.9 Å². The van der Waals surface area contributed by atoms with Crippen LogP contribution < -0.4 is 22.5 Å². The summed E-state index contributed by atoms with van der Waals surface area (Å²) in [6.45, 7) is 0. The van der Waals surface area contributed by atoms with Crippen molar-refractivity contribution in [3.8, 4) is 0 Å². The van der Waals surface area contributed by atoms with Gasteiger partial charge in [0.15, 0.2) is 0 Å². The normalized spacial score (nSPS) is 8.22. The van der Waals surface area contributed by atoms with Gasteiger partial charge in [-0.3, -0.25) is 20.4 Å². The predicted octanol–water partition coefficient (Wildman–Crippen LogP) is -1.17. The Hall–Kier alpha value is -0.710. The maximum atomic E-state index is 10.2. The molecule has 0 aliphatic rings. The molecule has 0 spiro atoms. The molecule has 0 aromatic rings. The number of amides is 2. The highest BCUT2D eigenvalue weighted by atomic mass is 31.1.